The molecule has 0 radical (unpaired) electrons. The van der Waals surface area contributed by atoms with Crippen molar-refractivity contribution in [3.63, 3.8) is 0 Å². The lowest BCUT2D eigenvalue weighted by Gasteiger charge is -2.03. The van der Waals surface area contributed by atoms with Gasteiger partial charge in [0.25, 0.3) is 0 Å². The van der Waals surface area contributed by atoms with E-state index in [1.54, 1.807) is 0 Å². The summed E-state index contributed by atoms with van der Waals surface area (Å²) < 4.78 is 1.86. The minimum Gasteiger partial charge on any atom is -0.323 e. The molecular weight excluding hydrogens is 222 g/mol. The zero-order valence-electron chi connectivity index (χ0n) is 8.73. The zero-order chi connectivity index (χ0) is 11.1. The maximum absolute atomic E-state index is 5.97. The number of fused-ring (bicyclic) bond motifs is 1. The van der Waals surface area contributed by atoms with Crippen LogP contribution in [0.1, 0.15) is 23.7 Å². The highest BCUT2D eigenvalue weighted by molar-refractivity contribution is 6.30. The van der Waals surface area contributed by atoms with Crippen molar-refractivity contribution in [2.24, 2.45) is 5.73 Å². The SMILES string of the molecule is NC1CCc2cn(-c3cccc(Cl)c3)nc21. The van der Waals surface area contributed by atoms with Gasteiger partial charge in [-0.15, -0.1) is 0 Å². The van der Waals surface area contributed by atoms with Crippen LogP contribution in [0.15, 0.2) is 30.5 Å². The summed E-state index contributed by atoms with van der Waals surface area (Å²) in [6, 6.07) is 7.75. The number of halogens is 1. The molecule has 1 aromatic carbocycles. The summed E-state index contributed by atoms with van der Waals surface area (Å²) in [5.41, 5.74) is 9.23. The average Bonchev–Trinajstić information content (AvgIpc) is 2.81. The van der Waals surface area contributed by atoms with Gasteiger partial charge in [0.1, 0.15) is 0 Å². The molecule has 2 N–H and O–H groups in total. The molecule has 2 aromatic rings. The predicted molar refractivity (Wildman–Crippen MR) is 63.8 cm³/mol. The van der Waals surface area contributed by atoms with Gasteiger partial charge < -0.3 is 5.73 Å². The van der Waals surface area contributed by atoms with Crippen LogP contribution in [0.25, 0.3) is 5.69 Å². The van der Waals surface area contributed by atoms with Crippen LogP contribution in [0.3, 0.4) is 0 Å². The molecule has 0 fully saturated rings. The summed E-state index contributed by atoms with van der Waals surface area (Å²) in [4.78, 5) is 0. The number of nitrogens with two attached hydrogens (primary N) is 1. The van der Waals surface area contributed by atoms with E-state index in [4.69, 9.17) is 17.3 Å². The maximum Gasteiger partial charge on any atom is 0.0828 e. The molecule has 1 heterocycles. The predicted octanol–water partition coefficient (Wildman–Crippen LogP) is 2.47. The molecular formula is C12H12ClN3. The second kappa shape index (κ2) is 3.61. The number of benzene rings is 1. The number of aromatic nitrogens is 2. The van der Waals surface area contributed by atoms with Crippen molar-refractivity contribution >= 4 is 11.6 Å². The Kier molecular flexibility index (Phi) is 2.23. The Morgan fingerprint density at radius 3 is 3.06 bits per heavy atom. The molecule has 0 amide bonds. The minimum atomic E-state index is 0.0930. The second-order valence-corrected chi connectivity index (χ2v) is 4.55. The van der Waals surface area contributed by atoms with Crippen molar-refractivity contribution in [3.8, 4) is 5.69 Å². The number of aryl methyl sites for hydroxylation is 1. The van der Waals surface area contributed by atoms with Crippen molar-refractivity contribution in [1.29, 1.82) is 0 Å². The molecule has 0 spiro atoms. The van der Waals surface area contributed by atoms with Crippen LogP contribution in [0, 0.1) is 0 Å². The smallest absolute Gasteiger partial charge is 0.0828 e. The average molecular weight is 234 g/mol. The molecule has 1 aromatic heterocycles. The first-order valence-electron chi connectivity index (χ1n) is 5.34. The van der Waals surface area contributed by atoms with E-state index >= 15 is 0 Å². The fraction of sp³-hybridized carbons (Fsp3) is 0.250. The zero-order valence-corrected chi connectivity index (χ0v) is 9.48. The van der Waals surface area contributed by atoms with Gasteiger partial charge in [0, 0.05) is 17.3 Å². The first-order chi connectivity index (χ1) is 7.74. The summed E-state index contributed by atoms with van der Waals surface area (Å²) >= 11 is 5.95. The molecule has 16 heavy (non-hydrogen) atoms. The highest BCUT2D eigenvalue weighted by atomic mass is 35.5. The van der Waals surface area contributed by atoms with Gasteiger partial charge in [0.2, 0.25) is 0 Å². The minimum absolute atomic E-state index is 0.0930. The largest absolute Gasteiger partial charge is 0.323 e. The van der Waals surface area contributed by atoms with E-state index in [1.807, 2.05) is 35.1 Å². The van der Waals surface area contributed by atoms with Crippen LogP contribution in [0.5, 0.6) is 0 Å². The summed E-state index contributed by atoms with van der Waals surface area (Å²) in [7, 11) is 0. The number of nitrogens with zero attached hydrogens (tertiary/aromatic N) is 2. The highest BCUT2D eigenvalue weighted by Gasteiger charge is 2.23. The molecule has 1 aliphatic rings. The first-order valence-corrected chi connectivity index (χ1v) is 5.72. The third kappa shape index (κ3) is 1.52. The normalized spacial score (nSPS) is 18.8. The summed E-state index contributed by atoms with van der Waals surface area (Å²) in [5, 5.41) is 5.24. The third-order valence-corrected chi connectivity index (χ3v) is 3.21. The third-order valence-electron chi connectivity index (χ3n) is 2.97. The molecule has 0 saturated carbocycles. The van der Waals surface area contributed by atoms with Crippen molar-refractivity contribution in [2.45, 2.75) is 18.9 Å². The summed E-state index contributed by atoms with van der Waals surface area (Å²) in [6.07, 6.45) is 4.08. The molecule has 0 bridgehead atoms. The van der Waals surface area contributed by atoms with E-state index < -0.39 is 0 Å². The fourth-order valence-electron chi connectivity index (χ4n) is 2.13. The van der Waals surface area contributed by atoms with Crippen LogP contribution in [0.4, 0.5) is 0 Å². The number of hydrogen-bond donors (Lipinski definition) is 1. The second-order valence-electron chi connectivity index (χ2n) is 4.11. The Balaban J connectivity index is 2.05. The molecule has 82 valence electrons. The Morgan fingerprint density at radius 1 is 1.44 bits per heavy atom. The molecule has 1 aliphatic carbocycles. The van der Waals surface area contributed by atoms with Gasteiger partial charge in [-0.2, -0.15) is 5.10 Å². The monoisotopic (exact) mass is 233 g/mol. The maximum atomic E-state index is 5.97. The lowest BCUT2D eigenvalue weighted by Crippen LogP contribution is -2.08. The van der Waals surface area contributed by atoms with Crippen molar-refractivity contribution in [2.75, 3.05) is 0 Å². The van der Waals surface area contributed by atoms with E-state index in [2.05, 4.69) is 5.10 Å². The Labute approximate surface area is 98.8 Å². The van der Waals surface area contributed by atoms with Gasteiger partial charge in [0.15, 0.2) is 0 Å². The molecule has 3 rings (SSSR count). The van der Waals surface area contributed by atoms with E-state index in [0.29, 0.717) is 0 Å². The van der Waals surface area contributed by atoms with Crippen LogP contribution < -0.4 is 5.73 Å². The van der Waals surface area contributed by atoms with Gasteiger partial charge >= 0.3 is 0 Å². The van der Waals surface area contributed by atoms with Crippen LogP contribution >= 0.6 is 11.6 Å². The van der Waals surface area contributed by atoms with Crippen LogP contribution in [-0.4, -0.2) is 9.78 Å². The van der Waals surface area contributed by atoms with E-state index in [0.717, 1.165) is 29.2 Å². The van der Waals surface area contributed by atoms with E-state index in [-0.39, 0.29) is 6.04 Å². The number of rotatable bonds is 1. The Hall–Kier alpha value is -1.32. The van der Waals surface area contributed by atoms with Gasteiger partial charge in [-0.3, -0.25) is 0 Å². The molecule has 0 saturated heterocycles. The van der Waals surface area contributed by atoms with Crippen molar-refractivity contribution < 1.29 is 0 Å². The summed E-state index contributed by atoms with van der Waals surface area (Å²) in [5.74, 6) is 0. The van der Waals surface area contributed by atoms with E-state index in [9.17, 15) is 0 Å². The molecule has 4 heteroatoms. The van der Waals surface area contributed by atoms with Gasteiger partial charge in [0.05, 0.1) is 11.4 Å². The lowest BCUT2D eigenvalue weighted by atomic mass is 10.3. The Morgan fingerprint density at radius 2 is 2.31 bits per heavy atom. The molecule has 3 nitrogen and oxygen atoms in total. The Bertz CT molecular complexity index is 533. The quantitative estimate of drug-likeness (QED) is 0.823. The molecule has 1 atom stereocenters. The van der Waals surface area contributed by atoms with Gasteiger partial charge in [-0.05, 0) is 36.6 Å². The lowest BCUT2D eigenvalue weighted by molar-refractivity contribution is 0.669. The van der Waals surface area contributed by atoms with Crippen LogP contribution in [-0.2, 0) is 6.42 Å². The van der Waals surface area contributed by atoms with E-state index in [1.165, 1.54) is 5.56 Å². The van der Waals surface area contributed by atoms with Crippen molar-refractivity contribution in [3.05, 3.63) is 46.7 Å². The van der Waals surface area contributed by atoms with Crippen LogP contribution in [0.2, 0.25) is 5.02 Å². The van der Waals surface area contributed by atoms with Gasteiger partial charge in [-0.1, -0.05) is 17.7 Å². The van der Waals surface area contributed by atoms with Crippen molar-refractivity contribution in [1.82, 2.24) is 9.78 Å². The first kappa shape index (κ1) is 9.87. The number of hydrogen-bond acceptors (Lipinski definition) is 2. The molecule has 1 unspecified atom stereocenters. The fourth-order valence-corrected chi connectivity index (χ4v) is 2.31. The topological polar surface area (TPSA) is 43.8 Å². The van der Waals surface area contributed by atoms with Gasteiger partial charge in [-0.25, -0.2) is 4.68 Å². The highest BCUT2D eigenvalue weighted by Crippen LogP contribution is 2.28. The standard InChI is InChI=1S/C12H12ClN3/c13-9-2-1-3-10(6-9)16-7-8-4-5-11(14)12(8)15-16/h1-3,6-7,11H,4-5,14H2. The molecule has 0 aliphatic heterocycles. The summed E-state index contributed by atoms with van der Waals surface area (Å²) in [6.45, 7) is 0.